The van der Waals surface area contributed by atoms with Gasteiger partial charge < -0.3 is 0 Å². The van der Waals surface area contributed by atoms with Crippen molar-refractivity contribution < 1.29 is 0 Å². The average Bonchev–Trinajstić information content (AvgIpc) is 2.24. The molecule has 15 heavy (non-hydrogen) atoms. The van der Waals surface area contributed by atoms with E-state index in [2.05, 4.69) is 62.4 Å². The Morgan fingerprint density at radius 1 is 1.13 bits per heavy atom. The lowest BCUT2D eigenvalue weighted by molar-refractivity contribution is 0.745. The molecule has 0 saturated carbocycles. The number of benzene rings is 1. The van der Waals surface area contributed by atoms with Gasteiger partial charge in [0.2, 0.25) is 0 Å². The number of hydrogen-bond donors (Lipinski definition) is 0. The summed E-state index contributed by atoms with van der Waals surface area (Å²) >= 11 is 1.94. The highest BCUT2D eigenvalue weighted by Gasteiger charge is 2.16. The number of rotatable bonds is 2. The van der Waals surface area contributed by atoms with Crippen LogP contribution < -0.4 is 0 Å². The molecule has 0 radical (unpaired) electrons. The highest BCUT2D eigenvalue weighted by atomic mass is 32.2. The predicted molar refractivity (Wildman–Crippen MR) is 68.1 cm³/mol. The van der Waals surface area contributed by atoms with Crippen molar-refractivity contribution in [3.05, 3.63) is 54.1 Å². The van der Waals surface area contributed by atoms with Crippen LogP contribution in [-0.2, 0) is 0 Å². The Morgan fingerprint density at radius 2 is 1.87 bits per heavy atom. The average molecular weight is 216 g/mol. The summed E-state index contributed by atoms with van der Waals surface area (Å²) in [6.45, 7) is 4.45. The van der Waals surface area contributed by atoms with Crippen molar-refractivity contribution in [2.24, 2.45) is 5.92 Å². The second-order valence-corrected chi connectivity index (χ2v) is 5.28. The first kappa shape index (κ1) is 10.6. The van der Waals surface area contributed by atoms with E-state index < -0.39 is 0 Å². The Labute approximate surface area is 96.1 Å². The Balaban J connectivity index is 2.06. The molecule has 0 N–H and O–H groups in total. The molecule has 2 rings (SSSR count). The van der Waals surface area contributed by atoms with Crippen LogP contribution in [0.25, 0.3) is 0 Å². The smallest absolute Gasteiger partial charge is 0.0337 e. The zero-order valence-corrected chi connectivity index (χ0v) is 10.00. The number of allylic oxidation sites excluding steroid dienone is 3. The second kappa shape index (κ2) is 4.71. The summed E-state index contributed by atoms with van der Waals surface area (Å²) in [6, 6.07) is 10.6. The van der Waals surface area contributed by atoms with Crippen LogP contribution in [0.1, 0.15) is 13.8 Å². The molecule has 0 bridgehead atoms. The molecule has 1 aromatic rings. The quantitative estimate of drug-likeness (QED) is 0.710. The molecular formula is C14H16S. The van der Waals surface area contributed by atoms with Crippen molar-refractivity contribution in [3.8, 4) is 0 Å². The Morgan fingerprint density at radius 3 is 2.53 bits per heavy atom. The van der Waals surface area contributed by atoms with Crippen molar-refractivity contribution in [1.82, 2.24) is 0 Å². The highest BCUT2D eigenvalue weighted by molar-refractivity contribution is 8.00. The minimum absolute atomic E-state index is 0.580. The fourth-order valence-electron chi connectivity index (χ4n) is 1.79. The highest BCUT2D eigenvalue weighted by Crippen LogP contribution is 2.32. The molecule has 0 heterocycles. The number of thioether (sulfide) groups is 1. The van der Waals surface area contributed by atoms with Crippen LogP contribution >= 0.6 is 11.8 Å². The zero-order chi connectivity index (χ0) is 10.7. The van der Waals surface area contributed by atoms with Gasteiger partial charge in [0.1, 0.15) is 0 Å². The Bertz CT molecular complexity index is 376. The van der Waals surface area contributed by atoms with E-state index in [0.29, 0.717) is 11.2 Å². The number of hydrogen-bond acceptors (Lipinski definition) is 1. The van der Waals surface area contributed by atoms with E-state index in [1.54, 1.807) is 0 Å². The standard InChI is InChI=1S/C14H16S/c1-11-8-9-14(12(2)10-11)15-13-6-4-3-5-7-13/h3-10,12,14H,1-2H3/t12-,14?/m0/s1. The molecule has 1 unspecified atom stereocenters. The molecule has 1 aliphatic carbocycles. The minimum atomic E-state index is 0.580. The maximum absolute atomic E-state index is 2.35. The fraction of sp³-hybridized carbons (Fsp3) is 0.286. The van der Waals surface area contributed by atoms with Crippen molar-refractivity contribution in [1.29, 1.82) is 0 Å². The van der Waals surface area contributed by atoms with E-state index in [0.717, 1.165) is 0 Å². The molecule has 1 aromatic carbocycles. The third-order valence-corrected chi connectivity index (χ3v) is 4.01. The van der Waals surface area contributed by atoms with E-state index in [4.69, 9.17) is 0 Å². The minimum Gasteiger partial charge on any atom is -0.118 e. The molecule has 0 spiro atoms. The summed E-state index contributed by atoms with van der Waals surface area (Å²) < 4.78 is 0. The van der Waals surface area contributed by atoms with Gasteiger partial charge in [-0.15, -0.1) is 11.8 Å². The van der Waals surface area contributed by atoms with Gasteiger partial charge in [0.15, 0.2) is 0 Å². The maximum atomic E-state index is 2.35. The van der Waals surface area contributed by atoms with Crippen molar-refractivity contribution in [3.63, 3.8) is 0 Å². The van der Waals surface area contributed by atoms with Gasteiger partial charge in [-0.1, -0.05) is 48.9 Å². The lowest BCUT2D eigenvalue weighted by Crippen LogP contribution is -2.12. The van der Waals surface area contributed by atoms with Crippen molar-refractivity contribution >= 4 is 11.8 Å². The monoisotopic (exact) mass is 216 g/mol. The normalized spacial score (nSPS) is 25.1. The molecule has 0 amide bonds. The molecule has 0 nitrogen and oxygen atoms in total. The van der Waals surface area contributed by atoms with Gasteiger partial charge in [0.25, 0.3) is 0 Å². The first-order valence-electron chi connectivity index (χ1n) is 5.34. The van der Waals surface area contributed by atoms with Crippen molar-refractivity contribution in [2.45, 2.75) is 24.0 Å². The van der Waals surface area contributed by atoms with Gasteiger partial charge in [-0.25, -0.2) is 0 Å². The van der Waals surface area contributed by atoms with Gasteiger partial charge in [0, 0.05) is 10.1 Å². The summed E-state index contributed by atoms with van der Waals surface area (Å²) in [6.07, 6.45) is 6.89. The Hall–Kier alpha value is -0.950. The van der Waals surface area contributed by atoms with Gasteiger partial charge in [-0.05, 0) is 25.0 Å². The molecule has 1 heteroatoms. The summed E-state index contributed by atoms with van der Waals surface area (Å²) in [5, 5.41) is 0.580. The maximum Gasteiger partial charge on any atom is 0.0337 e. The van der Waals surface area contributed by atoms with E-state index >= 15 is 0 Å². The lowest BCUT2D eigenvalue weighted by Gasteiger charge is -2.21. The molecule has 78 valence electrons. The predicted octanol–water partition coefficient (Wildman–Crippen LogP) is 4.30. The molecular weight excluding hydrogens is 200 g/mol. The molecule has 0 fully saturated rings. The van der Waals surface area contributed by atoms with Crippen molar-refractivity contribution in [2.75, 3.05) is 0 Å². The van der Waals surface area contributed by atoms with Crippen LogP contribution in [0.3, 0.4) is 0 Å². The summed E-state index contributed by atoms with van der Waals surface area (Å²) in [5.41, 5.74) is 1.38. The van der Waals surface area contributed by atoms with Crippen LogP contribution in [0.5, 0.6) is 0 Å². The molecule has 0 aromatic heterocycles. The van der Waals surface area contributed by atoms with Gasteiger partial charge in [0.05, 0.1) is 0 Å². The fourth-order valence-corrected chi connectivity index (χ4v) is 2.87. The molecule has 0 aliphatic heterocycles. The second-order valence-electron chi connectivity index (χ2n) is 4.02. The van der Waals surface area contributed by atoms with Crippen LogP contribution in [0.15, 0.2) is 59.0 Å². The third-order valence-electron chi connectivity index (χ3n) is 2.61. The van der Waals surface area contributed by atoms with Gasteiger partial charge >= 0.3 is 0 Å². The van der Waals surface area contributed by atoms with Crippen LogP contribution in [0.2, 0.25) is 0 Å². The summed E-state index contributed by atoms with van der Waals surface area (Å²) in [5.74, 6) is 0.625. The molecule has 2 atom stereocenters. The topological polar surface area (TPSA) is 0 Å². The van der Waals surface area contributed by atoms with Crippen LogP contribution in [0.4, 0.5) is 0 Å². The van der Waals surface area contributed by atoms with Crippen LogP contribution in [0, 0.1) is 5.92 Å². The van der Waals surface area contributed by atoms with E-state index in [-0.39, 0.29) is 0 Å². The van der Waals surface area contributed by atoms with Gasteiger partial charge in [-0.2, -0.15) is 0 Å². The largest absolute Gasteiger partial charge is 0.118 e. The lowest BCUT2D eigenvalue weighted by atomic mass is 9.98. The first-order chi connectivity index (χ1) is 7.25. The molecule has 1 aliphatic rings. The Kier molecular flexibility index (Phi) is 3.32. The third kappa shape index (κ3) is 2.75. The zero-order valence-electron chi connectivity index (χ0n) is 9.18. The van der Waals surface area contributed by atoms with Gasteiger partial charge in [-0.3, -0.25) is 0 Å². The molecule has 0 saturated heterocycles. The summed E-state index contributed by atoms with van der Waals surface area (Å²) in [7, 11) is 0. The summed E-state index contributed by atoms with van der Waals surface area (Å²) in [4.78, 5) is 1.35. The van der Waals surface area contributed by atoms with E-state index in [1.807, 2.05) is 11.8 Å². The SMILES string of the molecule is CC1=C[C@H](C)C(Sc2ccccc2)C=C1. The van der Waals surface area contributed by atoms with E-state index in [9.17, 15) is 0 Å². The first-order valence-corrected chi connectivity index (χ1v) is 6.22. The van der Waals surface area contributed by atoms with E-state index in [1.165, 1.54) is 10.5 Å². The van der Waals surface area contributed by atoms with Crippen LogP contribution in [-0.4, -0.2) is 5.25 Å².